The number of aliphatic hydroxyl groups is 4. The molecule has 0 rings (SSSR count). The second kappa shape index (κ2) is 9.83. The Morgan fingerprint density at radius 1 is 0.882 bits per heavy atom. The first kappa shape index (κ1) is 16.8. The largest absolute Gasteiger partial charge is 0.396 e. The minimum absolute atomic E-state index is 0.00744. The molecule has 4 nitrogen and oxygen atoms in total. The molecule has 0 aromatic rings. The van der Waals surface area contributed by atoms with E-state index in [0.29, 0.717) is 12.3 Å². The number of hydrogen-bond acceptors (Lipinski definition) is 4. The fourth-order valence-corrected chi connectivity index (χ4v) is 2.05. The van der Waals surface area contributed by atoms with Gasteiger partial charge in [-0.3, -0.25) is 0 Å². The van der Waals surface area contributed by atoms with Crippen molar-refractivity contribution in [1.82, 2.24) is 0 Å². The molecule has 4 N–H and O–H groups in total. The van der Waals surface area contributed by atoms with Crippen molar-refractivity contribution in [3.8, 4) is 0 Å². The van der Waals surface area contributed by atoms with Crippen molar-refractivity contribution in [3.05, 3.63) is 0 Å². The summed E-state index contributed by atoms with van der Waals surface area (Å²) in [5.74, 6) is -1.29. The molecule has 0 spiro atoms. The molecule has 0 radical (unpaired) electrons. The molecule has 0 aliphatic heterocycles. The van der Waals surface area contributed by atoms with Gasteiger partial charge in [-0.2, -0.15) is 0 Å². The zero-order chi connectivity index (χ0) is 13.1. The highest BCUT2D eigenvalue weighted by molar-refractivity contribution is 4.68. The van der Waals surface area contributed by atoms with E-state index in [-0.39, 0.29) is 19.6 Å². The monoisotopic (exact) mass is 248 g/mol. The predicted octanol–water partition coefficient (Wildman–Crippen LogP) is 1.41. The summed E-state index contributed by atoms with van der Waals surface area (Å²) in [7, 11) is 0. The van der Waals surface area contributed by atoms with E-state index in [1.807, 2.05) is 0 Å². The lowest BCUT2D eigenvalue weighted by molar-refractivity contribution is -0.177. The standard InChI is InChI=1S/C13H28O4/c1-2-3-5-12(6-4-10-14)7-8-13(16,17)9-11-15/h12,14-17H,2-11H2,1H3. The van der Waals surface area contributed by atoms with Gasteiger partial charge in [-0.05, 0) is 25.2 Å². The molecule has 0 saturated carbocycles. The minimum atomic E-state index is -1.74. The third kappa shape index (κ3) is 9.53. The van der Waals surface area contributed by atoms with Gasteiger partial charge in [-0.15, -0.1) is 0 Å². The number of rotatable bonds is 11. The second-order valence-corrected chi connectivity index (χ2v) is 4.87. The van der Waals surface area contributed by atoms with Crippen LogP contribution in [0.2, 0.25) is 0 Å². The van der Waals surface area contributed by atoms with Crippen LogP contribution < -0.4 is 0 Å². The van der Waals surface area contributed by atoms with Crippen LogP contribution >= 0.6 is 0 Å². The molecule has 0 saturated heterocycles. The average molecular weight is 248 g/mol. The maximum atomic E-state index is 9.56. The topological polar surface area (TPSA) is 80.9 Å². The van der Waals surface area contributed by atoms with Crippen molar-refractivity contribution < 1.29 is 20.4 Å². The van der Waals surface area contributed by atoms with E-state index in [1.165, 1.54) is 0 Å². The van der Waals surface area contributed by atoms with Crippen LogP contribution in [0.5, 0.6) is 0 Å². The lowest BCUT2D eigenvalue weighted by atomic mass is 9.90. The van der Waals surface area contributed by atoms with Gasteiger partial charge in [0.1, 0.15) is 0 Å². The quantitative estimate of drug-likeness (QED) is 0.417. The summed E-state index contributed by atoms with van der Waals surface area (Å²) in [5, 5.41) is 36.6. The zero-order valence-corrected chi connectivity index (χ0v) is 10.9. The molecular weight excluding hydrogens is 220 g/mol. The molecule has 104 valence electrons. The summed E-state index contributed by atoms with van der Waals surface area (Å²) in [6, 6.07) is 0. The Hall–Kier alpha value is -0.160. The van der Waals surface area contributed by atoms with Gasteiger partial charge in [0.05, 0.1) is 0 Å². The molecule has 1 atom stereocenters. The Balaban J connectivity index is 3.95. The number of unbranched alkanes of at least 4 members (excludes halogenated alkanes) is 1. The third-order valence-corrected chi connectivity index (χ3v) is 3.20. The highest BCUT2D eigenvalue weighted by Gasteiger charge is 2.23. The Labute approximate surface area is 104 Å². The van der Waals surface area contributed by atoms with Crippen LogP contribution in [-0.4, -0.2) is 39.4 Å². The molecular formula is C13H28O4. The fourth-order valence-electron chi connectivity index (χ4n) is 2.05. The van der Waals surface area contributed by atoms with E-state index in [9.17, 15) is 10.2 Å². The minimum Gasteiger partial charge on any atom is -0.396 e. The molecule has 0 bridgehead atoms. The highest BCUT2D eigenvalue weighted by Crippen LogP contribution is 2.24. The Morgan fingerprint density at radius 3 is 2.06 bits per heavy atom. The fraction of sp³-hybridized carbons (Fsp3) is 1.00. The van der Waals surface area contributed by atoms with Gasteiger partial charge >= 0.3 is 0 Å². The van der Waals surface area contributed by atoms with Crippen LogP contribution in [0.1, 0.15) is 58.3 Å². The number of hydrogen-bond donors (Lipinski definition) is 4. The first-order valence-corrected chi connectivity index (χ1v) is 6.72. The average Bonchev–Trinajstić information content (AvgIpc) is 2.28. The molecule has 0 aromatic carbocycles. The van der Waals surface area contributed by atoms with E-state index in [1.54, 1.807) is 0 Å². The van der Waals surface area contributed by atoms with Crippen molar-refractivity contribution in [2.45, 2.75) is 64.1 Å². The Morgan fingerprint density at radius 2 is 1.53 bits per heavy atom. The summed E-state index contributed by atoms with van der Waals surface area (Å²) in [6.45, 7) is 2.13. The van der Waals surface area contributed by atoms with Crippen LogP contribution in [0, 0.1) is 5.92 Å². The first-order valence-electron chi connectivity index (χ1n) is 6.72. The molecule has 0 amide bonds. The van der Waals surface area contributed by atoms with Crippen LogP contribution in [0.15, 0.2) is 0 Å². The normalized spacial score (nSPS) is 13.9. The van der Waals surface area contributed by atoms with E-state index < -0.39 is 5.79 Å². The Bertz CT molecular complexity index is 163. The van der Waals surface area contributed by atoms with Crippen molar-refractivity contribution in [2.75, 3.05) is 13.2 Å². The molecule has 1 unspecified atom stereocenters. The van der Waals surface area contributed by atoms with Gasteiger partial charge in [-0.25, -0.2) is 0 Å². The van der Waals surface area contributed by atoms with E-state index in [0.717, 1.165) is 38.5 Å². The van der Waals surface area contributed by atoms with Crippen LogP contribution in [0.4, 0.5) is 0 Å². The van der Waals surface area contributed by atoms with Crippen molar-refractivity contribution in [3.63, 3.8) is 0 Å². The van der Waals surface area contributed by atoms with Gasteiger partial charge in [-0.1, -0.05) is 26.2 Å². The Kier molecular flexibility index (Phi) is 9.74. The zero-order valence-electron chi connectivity index (χ0n) is 10.9. The molecule has 0 fully saturated rings. The van der Waals surface area contributed by atoms with Crippen LogP contribution in [0.3, 0.4) is 0 Å². The summed E-state index contributed by atoms with van der Waals surface area (Å²) in [6.07, 6.45) is 6.11. The third-order valence-electron chi connectivity index (χ3n) is 3.20. The van der Waals surface area contributed by atoms with Gasteiger partial charge in [0, 0.05) is 26.1 Å². The predicted molar refractivity (Wildman–Crippen MR) is 67.4 cm³/mol. The molecule has 0 aliphatic rings. The maximum Gasteiger partial charge on any atom is 0.164 e. The SMILES string of the molecule is CCCCC(CCCO)CCC(O)(O)CCO. The van der Waals surface area contributed by atoms with E-state index in [4.69, 9.17) is 10.2 Å². The molecule has 0 aromatic heterocycles. The lowest BCUT2D eigenvalue weighted by Crippen LogP contribution is -2.30. The van der Waals surface area contributed by atoms with E-state index in [2.05, 4.69) is 6.92 Å². The molecule has 0 heterocycles. The number of aliphatic hydroxyl groups excluding tert-OH is 2. The smallest absolute Gasteiger partial charge is 0.164 e. The van der Waals surface area contributed by atoms with E-state index >= 15 is 0 Å². The van der Waals surface area contributed by atoms with Crippen molar-refractivity contribution >= 4 is 0 Å². The summed E-state index contributed by atoms with van der Waals surface area (Å²) in [5.41, 5.74) is 0. The molecule has 0 aliphatic carbocycles. The lowest BCUT2D eigenvalue weighted by Gasteiger charge is -2.24. The van der Waals surface area contributed by atoms with Gasteiger partial charge in [0.15, 0.2) is 5.79 Å². The van der Waals surface area contributed by atoms with Crippen molar-refractivity contribution in [1.29, 1.82) is 0 Å². The molecule has 17 heavy (non-hydrogen) atoms. The van der Waals surface area contributed by atoms with Crippen LogP contribution in [-0.2, 0) is 0 Å². The highest BCUT2D eigenvalue weighted by atomic mass is 16.5. The van der Waals surface area contributed by atoms with Gasteiger partial charge in [0.25, 0.3) is 0 Å². The van der Waals surface area contributed by atoms with Gasteiger partial charge in [0.2, 0.25) is 0 Å². The summed E-state index contributed by atoms with van der Waals surface area (Å²) >= 11 is 0. The first-order chi connectivity index (χ1) is 8.05. The van der Waals surface area contributed by atoms with Gasteiger partial charge < -0.3 is 20.4 Å². The summed E-state index contributed by atoms with van der Waals surface area (Å²) < 4.78 is 0. The summed E-state index contributed by atoms with van der Waals surface area (Å²) in [4.78, 5) is 0. The van der Waals surface area contributed by atoms with Crippen molar-refractivity contribution in [2.24, 2.45) is 5.92 Å². The maximum absolute atomic E-state index is 9.56. The van der Waals surface area contributed by atoms with Crippen LogP contribution in [0.25, 0.3) is 0 Å². The second-order valence-electron chi connectivity index (χ2n) is 4.87. The molecule has 4 heteroatoms.